The number of benzene rings is 7. The van der Waals surface area contributed by atoms with Crippen LogP contribution in [0.15, 0.2) is 150 Å². The molecule has 4 nitrogen and oxygen atoms in total. The van der Waals surface area contributed by atoms with E-state index in [-0.39, 0.29) is 5.92 Å². The Labute approximate surface area is 307 Å². The van der Waals surface area contributed by atoms with Crippen molar-refractivity contribution in [3.05, 3.63) is 162 Å². The number of nitrogens with zero attached hydrogens (tertiary/aromatic N) is 3. The Morgan fingerprint density at radius 1 is 0.604 bits per heavy atom. The number of aromatic nitrogens is 3. The van der Waals surface area contributed by atoms with Gasteiger partial charge in [-0.05, 0) is 63.7 Å². The second kappa shape index (κ2) is 11.0. The van der Waals surface area contributed by atoms with Crippen LogP contribution in [0.2, 0.25) is 0 Å². The van der Waals surface area contributed by atoms with Crippen LogP contribution in [0.5, 0.6) is 0 Å². The molecule has 53 heavy (non-hydrogen) atoms. The molecule has 0 fully saturated rings. The van der Waals surface area contributed by atoms with E-state index in [1.807, 2.05) is 23.5 Å². The van der Waals surface area contributed by atoms with E-state index in [9.17, 15) is 0 Å². The molecule has 0 saturated heterocycles. The quantitative estimate of drug-likeness (QED) is 0.185. The summed E-state index contributed by atoms with van der Waals surface area (Å²) in [6.07, 6.45) is 5.54. The Bertz CT molecular complexity index is 3440. The number of furan rings is 1. The van der Waals surface area contributed by atoms with Crippen LogP contribution in [0.1, 0.15) is 18.0 Å². The number of thiophene rings is 1. The van der Waals surface area contributed by atoms with Gasteiger partial charge in [-0.1, -0.05) is 127 Å². The van der Waals surface area contributed by atoms with E-state index in [1.165, 1.54) is 63.3 Å². The fraction of sp³-hybridized carbons (Fsp3) is 0.0417. The molecule has 1 unspecified atom stereocenters. The van der Waals surface area contributed by atoms with Gasteiger partial charge in [0.05, 0.1) is 16.7 Å². The van der Waals surface area contributed by atoms with Crippen LogP contribution in [0.3, 0.4) is 0 Å². The first-order chi connectivity index (χ1) is 26.3. The van der Waals surface area contributed by atoms with Crippen molar-refractivity contribution in [2.75, 3.05) is 0 Å². The van der Waals surface area contributed by atoms with Gasteiger partial charge in [-0.15, -0.1) is 11.3 Å². The molecule has 0 bridgehead atoms. The molecule has 1 atom stereocenters. The maximum Gasteiger partial charge on any atom is 0.235 e. The van der Waals surface area contributed by atoms with Gasteiger partial charge in [0.25, 0.3) is 0 Å². The van der Waals surface area contributed by atoms with E-state index in [0.717, 1.165) is 45.2 Å². The molecular formula is C48H29N3OS. The average molecular weight is 696 g/mol. The summed E-state index contributed by atoms with van der Waals surface area (Å²) in [5, 5.41) is 10.9. The summed E-state index contributed by atoms with van der Waals surface area (Å²) in [6, 6.07) is 52.0. The maximum absolute atomic E-state index is 6.66. The van der Waals surface area contributed by atoms with Gasteiger partial charge >= 0.3 is 0 Å². The highest BCUT2D eigenvalue weighted by Gasteiger charge is 2.27. The Hall–Kier alpha value is -6.56. The van der Waals surface area contributed by atoms with Crippen molar-refractivity contribution >= 4 is 98.3 Å². The lowest BCUT2D eigenvalue weighted by atomic mass is 9.92. The van der Waals surface area contributed by atoms with Gasteiger partial charge in [0.2, 0.25) is 5.95 Å². The van der Waals surface area contributed by atoms with Crippen LogP contribution in [0.25, 0.3) is 104 Å². The molecule has 1 aliphatic rings. The van der Waals surface area contributed by atoms with Gasteiger partial charge in [0.1, 0.15) is 11.1 Å². The molecule has 12 rings (SSSR count). The maximum atomic E-state index is 6.66. The van der Waals surface area contributed by atoms with Crippen molar-refractivity contribution in [3.8, 4) is 17.1 Å². The lowest BCUT2D eigenvalue weighted by Gasteiger charge is -2.16. The predicted molar refractivity (Wildman–Crippen MR) is 221 cm³/mol. The number of hydrogen-bond donors (Lipinski definition) is 0. The van der Waals surface area contributed by atoms with Crippen LogP contribution in [0, 0.1) is 0 Å². The molecule has 0 saturated carbocycles. The zero-order valence-electron chi connectivity index (χ0n) is 28.5. The fourth-order valence-electron chi connectivity index (χ4n) is 8.72. The molecular weight excluding hydrogens is 667 g/mol. The number of rotatable bonds is 3. The van der Waals surface area contributed by atoms with Crippen molar-refractivity contribution in [2.45, 2.75) is 12.3 Å². The van der Waals surface area contributed by atoms with Crippen LogP contribution >= 0.6 is 11.3 Å². The van der Waals surface area contributed by atoms with Crippen molar-refractivity contribution in [2.24, 2.45) is 0 Å². The second-order valence-corrected chi connectivity index (χ2v) is 15.1. The van der Waals surface area contributed by atoms with Crippen molar-refractivity contribution in [3.63, 3.8) is 0 Å². The summed E-state index contributed by atoms with van der Waals surface area (Å²) in [4.78, 5) is 11.0. The Morgan fingerprint density at radius 2 is 1.34 bits per heavy atom. The first-order valence-electron chi connectivity index (χ1n) is 18.1. The molecule has 0 N–H and O–H groups in total. The van der Waals surface area contributed by atoms with Gasteiger partial charge in [-0.3, -0.25) is 4.57 Å². The average Bonchev–Trinajstić information content (AvgIpc) is 3.91. The highest BCUT2D eigenvalue weighted by atomic mass is 32.1. The van der Waals surface area contributed by atoms with Crippen molar-refractivity contribution in [1.82, 2.24) is 14.5 Å². The molecule has 0 radical (unpaired) electrons. The van der Waals surface area contributed by atoms with Crippen molar-refractivity contribution < 1.29 is 4.42 Å². The third kappa shape index (κ3) is 4.17. The third-order valence-corrected chi connectivity index (χ3v) is 12.3. The predicted octanol–water partition coefficient (Wildman–Crippen LogP) is 11.4. The largest absolute Gasteiger partial charge is 0.452 e. The summed E-state index contributed by atoms with van der Waals surface area (Å²) < 4.78 is 11.5. The SMILES string of the molecule is C1=c2ccc(-c3ccccc3)cc2=CCC1c1nc(-n2c3ccccc3c3c4ccccc4c4sc5ccccc5c4c32)nc2c1oc1ccccc12. The first-order valence-corrected chi connectivity index (χ1v) is 18.9. The molecule has 1 aliphatic carbocycles. The van der Waals surface area contributed by atoms with E-state index >= 15 is 0 Å². The van der Waals surface area contributed by atoms with Crippen LogP contribution in [-0.4, -0.2) is 14.5 Å². The highest BCUT2D eigenvalue weighted by molar-refractivity contribution is 7.27. The third-order valence-electron chi connectivity index (χ3n) is 11.1. The van der Waals surface area contributed by atoms with Gasteiger partial charge in [0.15, 0.2) is 5.58 Å². The van der Waals surface area contributed by atoms with E-state index in [1.54, 1.807) is 0 Å². The van der Waals surface area contributed by atoms with E-state index < -0.39 is 0 Å². The Balaban J connectivity index is 1.18. The second-order valence-electron chi connectivity index (χ2n) is 14.0. The summed E-state index contributed by atoms with van der Waals surface area (Å²) in [5.74, 6) is 0.668. The van der Waals surface area contributed by atoms with Gasteiger partial charge in [-0.2, -0.15) is 0 Å². The molecule has 0 spiro atoms. The Morgan fingerprint density at radius 3 is 2.23 bits per heavy atom. The molecule has 7 aromatic carbocycles. The fourth-order valence-corrected chi connectivity index (χ4v) is 9.96. The van der Waals surface area contributed by atoms with E-state index in [0.29, 0.717) is 5.95 Å². The standard InChI is InChI=1S/C48H29N3OS/c1-2-12-28(13-3-1)29-22-23-31-27-32(25-24-30(31)26-29)43-46-44(36-17-7-10-20-39(36)52-46)50-48(49-43)51-38-19-9-6-16-35(38)41-33-14-4-5-15-34(33)47-42(45(41)51)37-18-8-11-21-40(37)53-47/h1-24,26-27,32H,25H2. The zero-order valence-corrected chi connectivity index (χ0v) is 29.3. The minimum Gasteiger partial charge on any atom is -0.452 e. The normalized spacial score (nSPS) is 14.5. The first kappa shape index (κ1) is 29.1. The monoisotopic (exact) mass is 695 g/mol. The minimum atomic E-state index is 0.00537. The van der Waals surface area contributed by atoms with Crippen molar-refractivity contribution in [1.29, 1.82) is 0 Å². The molecule has 5 heteroatoms. The van der Waals surface area contributed by atoms with Crippen LogP contribution in [-0.2, 0) is 0 Å². The van der Waals surface area contributed by atoms with E-state index in [4.69, 9.17) is 14.4 Å². The highest BCUT2D eigenvalue weighted by Crippen LogP contribution is 2.48. The summed E-state index contributed by atoms with van der Waals surface area (Å²) >= 11 is 1.87. The smallest absolute Gasteiger partial charge is 0.235 e. The minimum absolute atomic E-state index is 0.00537. The van der Waals surface area contributed by atoms with Gasteiger partial charge < -0.3 is 4.42 Å². The molecule has 0 aliphatic heterocycles. The molecule has 248 valence electrons. The van der Waals surface area contributed by atoms with Gasteiger partial charge in [-0.25, -0.2) is 9.97 Å². The lowest BCUT2D eigenvalue weighted by molar-refractivity contribution is 0.652. The zero-order chi connectivity index (χ0) is 34.6. The number of para-hydroxylation sites is 2. The molecule has 4 aromatic heterocycles. The molecule has 0 amide bonds. The summed E-state index contributed by atoms with van der Waals surface area (Å²) in [7, 11) is 0. The van der Waals surface area contributed by atoms with Crippen LogP contribution in [0.4, 0.5) is 0 Å². The molecule has 11 aromatic rings. The van der Waals surface area contributed by atoms with Gasteiger partial charge in [0, 0.05) is 47.6 Å². The lowest BCUT2D eigenvalue weighted by Crippen LogP contribution is -2.28. The topological polar surface area (TPSA) is 43.9 Å². The van der Waals surface area contributed by atoms with E-state index in [2.05, 4.69) is 150 Å². The number of hydrogen-bond acceptors (Lipinski definition) is 4. The molecule has 4 heterocycles. The summed E-state index contributed by atoms with van der Waals surface area (Å²) in [5.41, 5.74) is 8.02. The Kier molecular flexibility index (Phi) is 6.02. The van der Waals surface area contributed by atoms with Crippen LogP contribution < -0.4 is 10.4 Å². The number of fused-ring (bicyclic) bond motifs is 14. The summed E-state index contributed by atoms with van der Waals surface area (Å²) in [6.45, 7) is 0.